The molecule has 0 unspecified atom stereocenters. The van der Waals surface area contributed by atoms with Crippen LogP contribution in [0.25, 0.3) is 0 Å². The van der Waals surface area contributed by atoms with E-state index in [0.29, 0.717) is 24.6 Å². The zero-order chi connectivity index (χ0) is 17.4. The summed E-state index contributed by atoms with van der Waals surface area (Å²) in [4.78, 5) is 16.2. The fourth-order valence-electron chi connectivity index (χ4n) is 2.09. The average molecular weight is 389 g/mol. The molecule has 0 aliphatic rings. The number of carbonyl (C=O) groups excluding carboxylic acids is 1. The second-order valence-electron chi connectivity index (χ2n) is 5.21. The smallest absolute Gasteiger partial charge is 0.251 e. The van der Waals surface area contributed by atoms with Crippen LogP contribution in [-0.4, -0.2) is 25.0 Å². The van der Waals surface area contributed by atoms with Crippen LogP contribution in [0.15, 0.2) is 58.0 Å². The Labute approximate surface area is 150 Å². The lowest BCUT2D eigenvalue weighted by Gasteiger charge is -2.07. The molecule has 2 rings (SSSR count). The van der Waals surface area contributed by atoms with Gasteiger partial charge in [-0.05, 0) is 42.3 Å². The number of benzene rings is 2. The molecular weight excluding hydrogens is 368 g/mol. The highest BCUT2D eigenvalue weighted by atomic mass is 79.9. The number of hydrogen-bond donors (Lipinski definition) is 3. The molecule has 0 spiro atoms. The van der Waals surface area contributed by atoms with Crippen molar-refractivity contribution in [2.24, 2.45) is 10.7 Å². The van der Waals surface area contributed by atoms with Crippen molar-refractivity contribution in [2.45, 2.75) is 13.3 Å². The van der Waals surface area contributed by atoms with Gasteiger partial charge in [0.15, 0.2) is 5.96 Å². The first-order chi connectivity index (χ1) is 11.6. The molecule has 1 amide bonds. The van der Waals surface area contributed by atoms with E-state index in [-0.39, 0.29) is 5.91 Å². The van der Waals surface area contributed by atoms with E-state index in [4.69, 9.17) is 5.73 Å². The summed E-state index contributed by atoms with van der Waals surface area (Å²) in [5, 5.41) is 5.84. The number of guanidine groups is 1. The molecule has 0 aliphatic heterocycles. The standard InChI is InChI=1S/C18H21BrN4O/c1-2-13-6-8-16(9-7-13)23-18(20)22-11-10-21-17(24)14-4-3-5-15(19)12-14/h3-9,12H,2,10-11H2,1H3,(H,21,24)(H3,20,22,23). The van der Waals surface area contributed by atoms with Crippen LogP contribution in [0.3, 0.4) is 0 Å². The minimum Gasteiger partial charge on any atom is -0.370 e. The molecule has 126 valence electrons. The summed E-state index contributed by atoms with van der Waals surface area (Å²) in [6.45, 7) is 2.94. The number of amides is 1. The summed E-state index contributed by atoms with van der Waals surface area (Å²) >= 11 is 3.35. The van der Waals surface area contributed by atoms with Crippen LogP contribution in [0.1, 0.15) is 22.8 Å². The summed E-state index contributed by atoms with van der Waals surface area (Å²) in [7, 11) is 0. The van der Waals surface area contributed by atoms with Crippen molar-refractivity contribution in [3.05, 3.63) is 64.1 Å². The Morgan fingerprint density at radius 3 is 2.62 bits per heavy atom. The number of aliphatic imine (C=N–C) groups is 1. The highest BCUT2D eigenvalue weighted by Gasteiger charge is 2.04. The first-order valence-corrected chi connectivity index (χ1v) is 8.57. The summed E-state index contributed by atoms with van der Waals surface area (Å²) < 4.78 is 0.871. The zero-order valence-corrected chi connectivity index (χ0v) is 15.1. The molecular formula is C18H21BrN4O. The number of nitrogens with two attached hydrogens (primary N) is 1. The molecule has 0 atom stereocenters. The summed E-state index contributed by atoms with van der Waals surface area (Å²) in [6.07, 6.45) is 1.00. The van der Waals surface area contributed by atoms with Gasteiger partial charge >= 0.3 is 0 Å². The molecule has 0 bridgehead atoms. The Balaban J connectivity index is 1.77. The van der Waals surface area contributed by atoms with Crippen LogP contribution in [0.2, 0.25) is 0 Å². The first-order valence-electron chi connectivity index (χ1n) is 7.78. The first kappa shape index (κ1) is 18.0. The SMILES string of the molecule is CCc1ccc(NC(N)=NCCNC(=O)c2cccc(Br)c2)cc1. The van der Waals surface area contributed by atoms with E-state index in [1.807, 2.05) is 36.4 Å². The molecule has 0 saturated carbocycles. The number of hydrogen-bond acceptors (Lipinski definition) is 2. The Morgan fingerprint density at radius 2 is 1.96 bits per heavy atom. The molecule has 4 N–H and O–H groups in total. The average Bonchev–Trinajstić information content (AvgIpc) is 2.59. The van der Waals surface area contributed by atoms with Gasteiger partial charge in [-0.2, -0.15) is 0 Å². The molecule has 0 fully saturated rings. The van der Waals surface area contributed by atoms with Crippen molar-refractivity contribution in [3.63, 3.8) is 0 Å². The van der Waals surface area contributed by atoms with Crippen molar-refractivity contribution in [1.82, 2.24) is 5.32 Å². The maximum atomic E-state index is 12.0. The summed E-state index contributed by atoms with van der Waals surface area (Å²) in [5.41, 5.74) is 8.62. The number of rotatable bonds is 6. The second-order valence-corrected chi connectivity index (χ2v) is 6.12. The topological polar surface area (TPSA) is 79.5 Å². The fraction of sp³-hybridized carbons (Fsp3) is 0.222. The number of carbonyl (C=O) groups is 1. The van der Waals surface area contributed by atoms with Gasteiger partial charge in [-0.1, -0.05) is 41.1 Å². The lowest BCUT2D eigenvalue weighted by atomic mass is 10.1. The highest BCUT2D eigenvalue weighted by molar-refractivity contribution is 9.10. The van der Waals surface area contributed by atoms with Crippen LogP contribution >= 0.6 is 15.9 Å². The van der Waals surface area contributed by atoms with Crippen molar-refractivity contribution in [2.75, 3.05) is 18.4 Å². The second kappa shape index (κ2) is 9.08. The van der Waals surface area contributed by atoms with E-state index in [2.05, 4.69) is 38.5 Å². The van der Waals surface area contributed by atoms with Crippen molar-refractivity contribution in [1.29, 1.82) is 0 Å². The third-order valence-electron chi connectivity index (χ3n) is 3.40. The van der Waals surface area contributed by atoms with Gasteiger partial charge in [-0.15, -0.1) is 0 Å². The van der Waals surface area contributed by atoms with Gasteiger partial charge in [-0.3, -0.25) is 9.79 Å². The monoisotopic (exact) mass is 388 g/mol. The molecule has 0 saturated heterocycles. The molecule has 24 heavy (non-hydrogen) atoms. The minimum absolute atomic E-state index is 0.131. The van der Waals surface area contributed by atoms with Crippen LogP contribution in [-0.2, 0) is 6.42 Å². The molecule has 2 aromatic carbocycles. The fourth-order valence-corrected chi connectivity index (χ4v) is 2.49. The van der Waals surface area contributed by atoms with Crippen molar-refractivity contribution >= 4 is 33.5 Å². The lowest BCUT2D eigenvalue weighted by Crippen LogP contribution is -2.28. The third-order valence-corrected chi connectivity index (χ3v) is 3.89. The molecule has 2 aromatic rings. The van der Waals surface area contributed by atoms with Crippen LogP contribution < -0.4 is 16.4 Å². The van der Waals surface area contributed by atoms with Gasteiger partial charge in [0.1, 0.15) is 0 Å². The van der Waals surface area contributed by atoms with Crippen molar-refractivity contribution in [3.8, 4) is 0 Å². The number of nitrogens with zero attached hydrogens (tertiary/aromatic N) is 1. The van der Waals surface area contributed by atoms with Crippen LogP contribution in [0.4, 0.5) is 5.69 Å². The Kier molecular flexibility index (Phi) is 6.81. The maximum Gasteiger partial charge on any atom is 0.251 e. The quantitative estimate of drug-likeness (QED) is 0.403. The molecule has 0 heterocycles. The molecule has 5 nitrogen and oxygen atoms in total. The van der Waals surface area contributed by atoms with Gasteiger partial charge in [0.2, 0.25) is 0 Å². The molecule has 0 aliphatic carbocycles. The van der Waals surface area contributed by atoms with Crippen LogP contribution in [0.5, 0.6) is 0 Å². The summed E-state index contributed by atoms with van der Waals surface area (Å²) in [6, 6.07) is 15.3. The Hall–Kier alpha value is -2.34. The lowest BCUT2D eigenvalue weighted by molar-refractivity contribution is 0.0954. The number of halogens is 1. The molecule has 0 aromatic heterocycles. The predicted molar refractivity (Wildman–Crippen MR) is 102 cm³/mol. The largest absolute Gasteiger partial charge is 0.370 e. The minimum atomic E-state index is -0.131. The van der Waals surface area contributed by atoms with Gasteiger partial charge in [-0.25, -0.2) is 0 Å². The number of nitrogens with one attached hydrogen (secondary N) is 2. The van der Waals surface area contributed by atoms with E-state index < -0.39 is 0 Å². The third kappa shape index (κ3) is 5.70. The normalized spacial score (nSPS) is 11.2. The molecule has 0 radical (unpaired) electrons. The Morgan fingerprint density at radius 1 is 1.21 bits per heavy atom. The van der Waals surface area contributed by atoms with E-state index >= 15 is 0 Å². The van der Waals surface area contributed by atoms with Crippen molar-refractivity contribution < 1.29 is 4.79 Å². The van der Waals surface area contributed by atoms with E-state index in [1.165, 1.54) is 5.56 Å². The van der Waals surface area contributed by atoms with E-state index in [1.54, 1.807) is 12.1 Å². The van der Waals surface area contributed by atoms with Gasteiger partial charge in [0, 0.05) is 22.3 Å². The molecule has 6 heteroatoms. The predicted octanol–water partition coefficient (Wildman–Crippen LogP) is 3.17. The summed E-state index contributed by atoms with van der Waals surface area (Å²) in [5.74, 6) is 0.198. The maximum absolute atomic E-state index is 12.0. The Bertz CT molecular complexity index is 713. The zero-order valence-electron chi connectivity index (χ0n) is 13.6. The van der Waals surface area contributed by atoms with Crippen LogP contribution in [0, 0.1) is 0 Å². The van der Waals surface area contributed by atoms with Gasteiger partial charge in [0.05, 0.1) is 6.54 Å². The van der Waals surface area contributed by atoms with E-state index in [0.717, 1.165) is 16.6 Å². The van der Waals surface area contributed by atoms with Gasteiger partial charge < -0.3 is 16.4 Å². The van der Waals surface area contributed by atoms with Gasteiger partial charge in [0.25, 0.3) is 5.91 Å². The number of anilines is 1. The highest BCUT2D eigenvalue weighted by Crippen LogP contribution is 2.11. The van der Waals surface area contributed by atoms with E-state index in [9.17, 15) is 4.79 Å². The number of aryl methyl sites for hydroxylation is 1.